The molecule has 0 aliphatic rings. The maximum absolute atomic E-state index is 11.5. The van der Waals surface area contributed by atoms with Crippen molar-refractivity contribution in [2.24, 2.45) is 0 Å². The van der Waals surface area contributed by atoms with Gasteiger partial charge in [-0.05, 0) is 53.8 Å². The van der Waals surface area contributed by atoms with Gasteiger partial charge >= 0.3 is 5.97 Å². The van der Waals surface area contributed by atoms with Gasteiger partial charge in [0.05, 0.1) is 13.7 Å². The van der Waals surface area contributed by atoms with Gasteiger partial charge in [-0.25, -0.2) is 4.79 Å². The number of carbonyl (C=O) groups is 1. The molecule has 2 rings (SSSR count). The summed E-state index contributed by atoms with van der Waals surface area (Å²) in [5.41, 5.74) is 1.42. The van der Waals surface area contributed by atoms with Crippen molar-refractivity contribution < 1.29 is 13.9 Å². The largest absolute Gasteiger partial charge is 0.465 e. The highest BCUT2D eigenvalue weighted by atomic mass is 127. The molecule has 0 spiro atoms. The van der Waals surface area contributed by atoms with E-state index < -0.39 is 5.97 Å². The number of esters is 1. The van der Waals surface area contributed by atoms with E-state index in [9.17, 15) is 4.79 Å². The quantitative estimate of drug-likeness (QED) is 0.610. The third-order valence-electron chi connectivity index (χ3n) is 2.76. The number of rotatable bonds is 4. The molecule has 4 nitrogen and oxygen atoms in total. The molecule has 2 aromatic rings. The van der Waals surface area contributed by atoms with Crippen molar-refractivity contribution in [2.75, 3.05) is 12.4 Å². The van der Waals surface area contributed by atoms with Gasteiger partial charge < -0.3 is 14.5 Å². The predicted molar refractivity (Wildman–Crippen MR) is 86.3 cm³/mol. The molecule has 0 saturated heterocycles. The molecule has 0 fully saturated rings. The van der Waals surface area contributed by atoms with Crippen molar-refractivity contribution in [2.45, 2.75) is 13.5 Å². The monoisotopic (exact) mass is 405 g/mol. The lowest BCUT2D eigenvalue weighted by molar-refractivity contribution is 0.0599. The number of ether oxygens (including phenoxy) is 1. The van der Waals surface area contributed by atoms with E-state index in [-0.39, 0.29) is 0 Å². The minimum absolute atomic E-state index is 0.390. The second-order valence-electron chi connectivity index (χ2n) is 4.15. The Hall–Kier alpha value is -1.21. The van der Waals surface area contributed by atoms with Crippen LogP contribution in [0.1, 0.15) is 21.9 Å². The molecule has 0 saturated carbocycles. The van der Waals surface area contributed by atoms with Crippen LogP contribution in [0.4, 0.5) is 5.69 Å². The molecule has 1 aromatic carbocycles. The zero-order chi connectivity index (χ0) is 14.7. The highest BCUT2D eigenvalue weighted by Crippen LogP contribution is 2.23. The summed E-state index contributed by atoms with van der Waals surface area (Å²) in [7, 11) is 1.35. The summed E-state index contributed by atoms with van der Waals surface area (Å²) < 4.78 is 11.2. The number of benzene rings is 1. The Balaban J connectivity index is 2.09. The lowest BCUT2D eigenvalue weighted by Gasteiger charge is -2.07. The van der Waals surface area contributed by atoms with Crippen molar-refractivity contribution in [3.8, 4) is 0 Å². The number of aryl methyl sites for hydroxylation is 1. The summed E-state index contributed by atoms with van der Waals surface area (Å²) in [6.45, 7) is 2.22. The van der Waals surface area contributed by atoms with E-state index in [0.717, 1.165) is 9.26 Å². The SMILES string of the molecule is COC(=O)c1cc(CNc2ccc(Cl)cc2I)oc1C. The molecule has 0 radical (unpaired) electrons. The third-order valence-corrected chi connectivity index (χ3v) is 3.89. The smallest absolute Gasteiger partial charge is 0.341 e. The van der Waals surface area contributed by atoms with Gasteiger partial charge in [-0.15, -0.1) is 0 Å². The van der Waals surface area contributed by atoms with Gasteiger partial charge in [0.15, 0.2) is 0 Å². The van der Waals surface area contributed by atoms with E-state index in [0.29, 0.717) is 28.7 Å². The molecule has 0 aliphatic heterocycles. The topological polar surface area (TPSA) is 51.5 Å². The molecule has 0 unspecified atom stereocenters. The summed E-state index contributed by atoms with van der Waals surface area (Å²) >= 11 is 8.11. The lowest BCUT2D eigenvalue weighted by atomic mass is 10.2. The number of methoxy groups -OCH3 is 1. The fourth-order valence-corrected chi connectivity index (χ4v) is 2.82. The molecule has 106 valence electrons. The number of hydrogen-bond donors (Lipinski definition) is 1. The number of carbonyl (C=O) groups excluding carboxylic acids is 1. The first-order valence-corrected chi connectivity index (χ1v) is 7.33. The van der Waals surface area contributed by atoms with Crippen molar-refractivity contribution in [1.82, 2.24) is 0 Å². The Kier molecular flexibility index (Phi) is 4.93. The van der Waals surface area contributed by atoms with Crippen LogP contribution >= 0.6 is 34.2 Å². The molecular weight excluding hydrogens is 393 g/mol. The molecule has 1 aromatic heterocycles. The molecule has 0 atom stereocenters. The molecule has 1 heterocycles. The van der Waals surface area contributed by atoms with E-state index in [1.54, 1.807) is 13.0 Å². The van der Waals surface area contributed by atoms with Gasteiger partial charge in [0.2, 0.25) is 0 Å². The normalized spacial score (nSPS) is 10.4. The molecule has 6 heteroatoms. The second-order valence-corrected chi connectivity index (χ2v) is 5.75. The van der Waals surface area contributed by atoms with Gasteiger partial charge in [-0.1, -0.05) is 11.6 Å². The molecule has 0 bridgehead atoms. The third kappa shape index (κ3) is 3.46. The minimum atomic E-state index is -0.390. The van der Waals surface area contributed by atoms with Crippen LogP contribution in [-0.2, 0) is 11.3 Å². The Labute approximate surface area is 135 Å². The van der Waals surface area contributed by atoms with Crippen LogP contribution in [-0.4, -0.2) is 13.1 Å². The van der Waals surface area contributed by atoms with Crippen LogP contribution in [0.2, 0.25) is 5.02 Å². The standard InChI is InChI=1S/C14H13ClINO3/c1-8-11(14(18)19-2)6-10(20-8)7-17-13-4-3-9(15)5-12(13)16/h3-6,17H,7H2,1-2H3. The summed E-state index contributed by atoms with van der Waals surface area (Å²) in [5.74, 6) is 0.840. The fourth-order valence-electron chi connectivity index (χ4n) is 1.76. The number of hydrogen-bond acceptors (Lipinski definition) is 4. The van der Waals surface area contributed by atoms with Crippen LogP contribution in [0.25, 0.3) is 0 Å². The number of anilines is 1. The maximum atomic E-state index is 11.5. The highest BCUT2D eigenvalue weighted by Gasteiger charge is 2.15. The van der Waals surface area contributed by atoms with Gasteiger partial charge in [0.1, 0.15) is 17.1 Å². The summed E-state index contributed by atoms with van der Waals surface area (Å²) in [6, 6.07) is 7.29. The van der Waals surface area contributed by atoms with Crippen molar-refractivity contribution in [3.05, 3.63) is 49.9 Å². The molecule has 1 N–H and O–H groups in total. The van der Waals surface area contributed by atoms with E-state index in [1.165, 1.54) is 7.11 Å². The van der Waals surface area contributed by atoms with E-state index >= 15 is 0 Å². The Bertz CT molecular complexity index is 639. The van der Waals surface area contributed by atoms with Gasteiger partial charge in [0.25, 0.3) is 0 Å². The van der Waals surface area contributed by atoms with Crippen molar-refractivity contribution in [1.29, 1.82) is 0 Å². The number of furan rings is 1. The lowest BCUT2D eigenvalue weighted by Crippen LogP contribution is -2.01. The van der Waals surface area contributed by atoms with Gasteiger partial charge in [-0.2, -0.15) is 0 Å². The predicted octanol–water partition coefficient (Wildman–Crippen LogP) is 4.24. The first kappa shape index (κ1) is 15.2. The van der Waals surface area contributed by atoms with Crippen LogP contribution in [0.3, 0.4) is 0 Å². The summed E-state index contributed by atoms with van der Waals surface area (Å²) in [6.07, 6.45) is 0. The Morgan fingerprint density at radius 2 is 2.20 bits per heavy atom. The van der Waals surface area contributed by atoms with Gasteiger partial charge in [0, 0.05) is 14.3 Å². The summed E-state index contributed by atoms with van der Waals surface area (Å²) in [4.78, 5) is 11.5. The number of nitrogens with one attached hydrogen (secondary N) is 1. The zero-order valence-corrected chi connectivity index (χ0v) is 13.9. The minimum Gasteiger partial charge on any atom is -0.465 e. The van der Waals surface area contributed by atoms with E-state index in [2.05, 4.69) is 27.9 Å². The molecular formula is C14H13ClINO3. The molecule has 20 heavy (non-hydrogen) atoms. The molecule has 0 aliphatic carbocycles. The average molecular weight is 406 g/mol. The second kappa shape index (κ2) is 6.49. The van der Waals surface area contributed by atoms with Gasteiger partial charge in [-0.3, -0.25) is 0 Å². The van der Waals surface area contributed by atoms with E-state index in [1.807, 2.05) is 18.2 Å². The Morgan fingerprint density at radius 1 is 1.45 bits per heavy atom. The van der Waals surface area contributed by atoms with Crippen LogP contribution < -0.4 is 5.32 Å². The first-order chi connectivity index (χ1) is 9.51. The van der Waals surface area contributed by atoms with E-state index in [4.69, 9.17) is 20.8 Å². The van der Waals surface area contributed by atoms with Crippen LogP contribution in [0.5, 0.6) is 0 Å². The average Bonchev–Trinajstić information content (AvgIpc) is 2.78. The number of halogens is 2. The highest BCUT2D eigenvalue weighted by molar-refractivity contribution is 14.1. The maximum Gasteiger partial charge on any atom is 0.341 e. The fraction of sp³-hybridized carbons (Fsp3) is 0.214. The first-order valence-electron chi connectivity index (χ1n) is 5.88. The van der Waals surface area contributed by atoms with Crippen LogP contribution in [0.15, 0.2) is 28.7 Å². The summed E-state index contributed by atoms with van der Waals surface area (Å²) in [5, 5.41) is 3.94. The zero-order valence-electron chi connectivity index (χ0n) is 11.0. The molecule has 0 amide bonds. The van der Waals surface area contributed by atoms with Crippen molar-refractivity contribution in [3.63, 3.8) is 0 Å². The Morgan fingerprint density at radius 3 is 2.85 bits per heavy atom. The van der Waals surface area contributed by atoms with Crippen molar-refractivity contribution >= 4 is 45.8 Å². The van der Waals surface area contributed by atoms with Crippen LogP contribution in [0, 0.1) is 10.5 Å².